The van der Waals surface area contributed by atoms with Crippen molar-refractivity contribution in [2.45, 2.75) is 32.2 Å². The number of nitrogens with one attached hydrogen (secondary N) is 1. The lowest BCUT2D eigenvalue weighted by molar-refractivity contribution is 0.315. The van der Waals surface area contributed by atoms with Crippen LogP contribution in [0.1, 0.15) is 37.8 Å². The Morgan fingerprint density at radius 2 is 2.16 bits per heavy atom. The average Bonchev–Trinajstić information content (AvgIpc) is 2.86. The largest absolute Gasteiger partial charge is 0.313 e. The Morgan fingerprint density at radius 1 is 1.26 bits per heavy atom. The van der Waals surface area contributed by atoms with Crippen molar-refractivity contribution in [3.8, 4) is 0 Å². The first-order chi connectivity index (χ1) is 9.29. The minimum absolute atomic E-state index is 0.474. The molecule has 0 aliphatic heterocycles. The lowest BCUT2D eigenvalue weighted by Gasteiger charge is -2.27. The summed E-state index contributed by atoms with van der Waals surface area (Å²) in [6, 6.07) is 11.3. The van der Waals surface area contributed by atoms with Gasteiger partial charge in [0.15, 0.2) is 0 Å². The van der Waals surface area contributed by atoms with Crippen LogP contribution in [0.5, 0.6) is 0 Å². The Balaban J connectivity index is 1.96. The summed E-state index contributed by atoms with van der Waals surface area (Å²) in [7, 11) is 2.09. The summed E-state index contributed by atoms with van der Waals surface area (Å²) < 4.78 is 0. The molecule has 2 aromatic rings. The lowest BCUT2D eigenvalue weighted by Crippen LogP contribution is -2.26. The monoisotopic (exact) mass is 254 g/mol. The molecule has 3 unspecified atom stereocenters. The highest BCUT2D eigenvalue weighted by molar-refractivity contribution is 5.79. The minimum atomic E-state index is 0.474. The van der Waals surface area contributed by atoms with Gasteiger partial charge in [0.25, 0.3) is 0 Å². The second-order valence-electron chi connectivity index (χ2n) is 5.79. The Hall–Kier alpha value is -1.41. The smallest absolute Gasteiger partial charge is 0.0702 e. The van der Waals surface area contributed by atoms with Gasteiger partial charge in [-0.15, -0.1) is 0 Å². The van der Waals surface area contributed by atoms with Crippen LogP contribution < -0.4 is 5.32 Å². The molecule has 1 heterocycles. The van der Waals surface area contributed by atoms with Crippen LogP contribution in [0.15, 0.2) is 36.5 Å². The zero-order valence-electron chi connectivity index (χ0n) is 11.8. The molecule has 100 valence electrons. The van der Waals surface area contributed by atoms with Gasteiger partial charge >= 0.3 is 0 Å². The summed E-state index contributed by atoms with van der Waals surface area (Å²) in [5.41, 5.74) is 2.49. The molecule has 0 amide bonds. The fraction of sp³-hybridized carbons (Fsp3) is 0.471. The number of nitrogens with zero attached hydrogens (tertiary/aromatic N) is 1. The molecule has 0 spiro atoms. The Kier molecular flexibility index (Phi) is 3.52. The van der Waals surface area contributed by atoms with Crippen molar-refractivity contribution in [1.29, 1.82) is 0 Å². The Morgan fingerprint density at radius 3 is 2.89 bits per heavy atom. The van der Waals surface area contributed by atoms with Crippen LogP contribution in [0.25, 0.3) is 10.9 Å². The number of aromatic nitrogens is 1. The fourth-order valence-corrected chi connectivity index (χ4v) is 3.58. The third-order valence-electron chi connectivity index (χ3n) is 4.65. The first kappa shape index (κ1) is 12.6. The van der Waals surface area contributed by atoms with Gasteiger partial charge in [-0.25, -0.2) is 0 Å². The maximum absolute atomic E-state index is 4.40. The lowest BCUT2D eigenvalue weighted by atomic mass is 9.85. The van der Waals surface area contributed by atoms with E-state index in [-0.39, 0.29) is 0 Å². The predicted molar refractivity (Wildman–Crippen MR) is 80.0 cm³/mol. The van der Waals surface area contributed by atoms with Gasteiger partial charge in [0.05, 0.1) is 5.52 Å². The van der Waals surface area contributed by atoms with Gasteiger partial charge in [-0.05, 0) is 49.1 Å². The van der Waals surface area contributed by atoms with E-state index < -0.39 is 0 Å². The van der Waals surface area contributed by atoms with Crippen molar-refractivity contribution in [3.05, 3.63) is 42.1 Å². The number of rotatable bonds is 3. The molecule has 3 atom stereocenters. The molecular formula is C17H22N2. The molecule has 1 aliphatic rings. The number of hydrogen-bond donors (Lipinski definition) is 1. The molecule has 2 nitrogen and oxygen atoms in total. The van der Waals surface area contributed by atoms with Crippen molar-refractivity contribution < 1.29 is 0 Å². The number of benzene rings is 1. The van der Waals surface area contributed by atoms with Gasteiger partial charge in [0, 0.05) is 17.6 Å². The van der Waals surface area contributed by atoms with Crippen molar-refractivity contribution in [2.75, 3.05) is 7.05 Å². The van der Waals surface area contributed by atoms with Crippen LogP contribution in [0.3, 0.4) is 0 Å². The van der Waals surface area contributed by atoms with Crippen LogP contribution in [-0.2, 0) is 0 Å². The number of pyridine rings is 1. The molecule has 1 fully saturated rings. The van der Waals surface area contributed by atoms with Gasteiger partial charge in [0.2, 0.25) is 0 Å². The van der Waals surface area contributed by atoms with E-state index in [0.717, 1.165) is 17.4 Å². The molecule has 19 heavy (non-hydrogen) atoms. The molecule has 0 bridgehead atoms. The summed E-state index contributed by atoms with van der Waals surface area (Å²) in [5, 5.41) is 4.78. The molecule has 1 N–H and O–H groups in total. The van der Waals surface area contributed by atoms with Gasteiger partial charge in [0.1, 0.15) is 0 Å². The van der Waals surface area contributed by atoms with E-state index in [4.69, 9.17) is 0 Å². The minimum Gasteiger partial charge on any atom is -0.313 e. The highest BCUT2D eigenvalue weighted by atomic mass is 14.9. The molecule has 3 rings (SSSR count). The molecule has 2 heteroatoms. The zero-order valence-corrected chi connectivity index (χ0v) is 11.8. The normalized spacial score (nSPS) is 24.7. The first-order valence-corrected chi connectivity index (χ1v) is 7.31. The third-order valence-corrected chi connectivity index (χ3v) is 4.65. The van der Waals surface area contributed by atoms with Crippen LogP contribution >= 0.6 is 0 Å². The third kappa shape index (κ3) is 2.37. The quantitative estimate of drug-likeness (QED) is 0.897. The highest BCUT2D eigenvalue weighted by Crippen LogP contribution is 2.40. The van der Waals surface area contributed by atoms with E-state index in [9.17, 15) is 0 Å². The predicted octanol–water partition coefficient (Wildman–Crippen LogP) is 3.93. The van der Waals surface area contributed by atoms with Gasteiger partial charge in [-0.3, -0.25) is 4.98 Å². The van der Waals surface area contributed by atoms with Crippen molar-refractivity contribution in [2.24, 2.45) is 11.8 Å². The summed E-state index contributed by atoms with van der Waals surface area (Å²) in [6.07, 6.45) is 5.95. The topological polar surface area (TPSA) is 24.9 Å². The summed E-state index contributed by atoms with van der Waals surface area (Å²) in [5.74, 6) is 1.58. The Labute approximate surface area is 115 Å². The average molecular weight is 254 g/mol. The van der Waals surface area contributed by atoms with Crippen LogP contribution in [0, 0.1) is 11.8 Å². The molecule has 0 radical (unpaired) electrons. The second-order valence-corrected chi connectivity index (χ2v) is 5.79. The van der Waals surface area contributed by atoms with E-state index in [2.05, 4.69) is 48.5 Å². The van der Waals surface area contributed by atoms with Gasteiger partial charge < -0.3 is 5.32 Å². The van der Waals surface area contributed by atoms with Gasteiger partial charge in [-0.2, -0.15) is 0 Å². The van der Waals surface area contributed by atoms with Crippen LogP contribution in [0.2, 0.25) is 0 Å². The molecule has 1 saturated carbocycles. The van der Waals surface area contributed by atoms with E-state index >= 15 is 0 Å². The Bertz CT molecular complexity index is 564. The molecule has 0 saturated heterocycles. The maximum atomic E-state index is 4.40. The first-order valence-electron chi connectivity index (χ1n) is 7.31. The van der Waals surface area contributed by atoms with Crippen molar-refractivity contribution in [1.82, 2.24) is 10.3 Å². The van der Waals surface area contributed by atoms with E-state index in [1.807, 2.05) is 12.3 Å². The summed E-state index contributed by atoms with van der Waals surface area (Å²) in [4.78, 5) is 4.40. The van der Waals surface area contributed by atoms with Crippen LogP contribution in [-0.4, -0.2) is 12.0 Å². The SMILES string of the molecule is CNC(c1ccc2ncccc2c1)C1CCCC1C. The molecule has 1 aromatic carbocycles. The van der Waals surface area contributed by atoms with Crippen molar-refractivity contribution >= 4 is 10.9 Å². The highest BCUT2D eigenvalue weighted by Gasteiger charge is 2.30. The molecule has 1 aliphatic carbocycles. The van der Waals surface area contributed by atoms with Crippen molar-refractivity contribution in [3.63, 3.8) is 0 Å². The summed E-state index contributed by atoms with van der Waals surface area (Å²) in [6.45, 7) is 2.39. The zero-order chi connectivity index (χ0) is 13.2. The maximum Gasteiger partial charge on any atom is 0.0702 e. The number of fused-ring (bicyclic) bond motifs is 1. The molecular weight excluding hydrogens is 232 g/mol. The van der Waals surface area contributed by atoms with E-state index in [1.165, 1.54) is 30.2 Å². The second kappa shape index (κ2) is 5.30. The van der Waals surface area contributed by atoms with Crippen LogP contribution in [0.4, 0.5) is 0 Å². The summed E-state index contributed by atoms with van der Waals surface area (Å²) >= 11 is 0. The molecule has 1 aromatic heterocycles. The van der Waals surface area contributed by atoms with Gasteiger partial charge in [-0.1, -0.05) is 31.9 Å². The van der Waals surface area contributed by atoms with E-state index in [0.29, 0.717) is 6.04 Å². The fourth-order valence-electron chi connectivity index (χ4n) is 3.58. The number of hydrogen-bond acceptors (Lipinski definition) is 2. The van der Waals surface area contributed by atoms with E-state index in [1.54, 1.807) is 0 Å². The standard InChI is InChI=1S/C17H22N2/c1-12-5-3-7-15(12)17(18-2)14-8-9-16-13(11-14)6-4-10-19-16/h4,6,8-12,15,17-18H,3,5,7H2,1-2H3.